The molecular weight excluding hydrogens is 354 g/mol. The van der Waals surface area contributed by atoms with Crippen molar-refractivity contribution < 1.29 is 14.3 Å². The van der Waals surface area contributed by atoms with E-state index in [0.717, 1.165) is 16.9 Å². The van der Waals surface area contributed by atoms with Crippen molar-refractivity contribution in [3.63, 3.8) is 0 Å². The Morgan fingerprint density at radius 2 is 1.64 bits per heavy atom. The van der Waals surface area contributed by atoms with Crippen LogP contribution in [0.15, 0.2) is 54.6 Å². The summed E-state index contributed by atoms with van der Waals surface area (Å²) in [5.41, 5.74) is 2.00. The van der Waals surface area contributed by atoms with Gasteiger partial charge in [-0.05, 0) is 37.4 Å². The lowest BCUT2D eigenvalue weighted by atomic mass is 10.0. The summed E-state index contributed by atoms with van der Waals surface area (Å²) < 4.78 is 5.17. The van der Waals surface area contributed by atoms with Gasteiger partial charge in [0.2, 0.25) is 11.8 Å². The van der Waals surface area contributed by atoms with E-state index in [2.05, 4.69) is 15.5 Å². The minimum atomic E-state index is -0.391. The van der Waals surface area contributed by atoms with Gasteiger partial charge >= 0.3 is 0 Å². The molecule has 0 aliphatic rings. The van der Waals surface area contributed by atoms with Crippen LogP contribution >= 0.6 is 0 Å². The fraction of sp³-hybridized carbons (Fsp3) is 0.364. The van der Waals surface area contributed by atoms with Crippen molar-refractivity contribution in [1.29, 1.82) is 0 Å². The predicted molar refractivity (Wildman–Crippen MR) is 110 cm³/mol. The summed E-state index contributed by atoms with van der Waals surface area (Å²) in [6.45, 7) is 1.94. The van der Waals surface area contributed by atoms with Crippen molar-refractivity contribution in [1.82, 2.24) is 15.5 Å². The lowest BCUT2D eigenvalue weighted by Gasteiger charge is -2.26. The first-order valence-corrected chi connectivity index (χ1v) is 9.29. The minimum absolute atomic E-state index is 0.0744. The summed E-state index contributed by atoms with van der Waals surface area (Å²) in [5, 5.41) is 5.86. The second kappa shape index (κ2) is 10.5. The van der Waals surface area contributed by atoms with Gasteiger partial charge in [-0.2, -0.15) is 0 Å². The molecule has 0 fully saturated rings. The van der Waals surface area contributed by atoms with Crippen LogP contribution in [-0.4, -0.2) is 44.5 Å². The molecule has 150 valence electrons. The van der Waals surface area contributed by atoms with Gasteiger partial charge in [0.05, 0.1) is 25.6 Å². The molecule has 0 aliphatic heterocycles. The molecule has 2 N–H and O–H groups in total. The van der Waals surface area contributed by atoms with Crippen LogP contribution in [0.5, 0.6) is 5.75 Å². The second-order valence-electron chi connectivity index (χ2n) is 6.92. The molecule has 2 aromatic carbocycles. The lowest BCUT2D eigenvalue weighted by molar-refractivity contribution is -0.123. The van der Waals surface area contributed by atoms with Crippen LogP contribution in [0.4, 0.5) is 0 Å². The normalized spacial score (nSPS) is 12.9. The standard InChI is InChI=1S/C22H29N3O3/c1-16(26)24-20(17-10-12-19(28-4)13-11-17)14-22(27)23-15-21(25(2)3)18-8-6-5-7-9-18/h5-13,20-21H,14-15H2,1-4H3,(H,23,27)(H,24,26). The SMILES string of the molecule is COc1ccc(C(CC(=O)NCC(c2ccccc2)N(C)C)NC(C)=O)cc1. The number of carbonyl (C=O) groups is 2. The van der Waals surface area contributed by atoms with E-state index < -0.39 is 6.04 Å². The van der Waals surface area contributed by atoms with E-state index in [9.17, 15) is 9.59 Å². The zero-order valence-corrected chi connectivity index (χ0v) is 16.9. The van der Waals surface area contributed by atoms with Gasteiger partial charge < -0.3 is 20.3 Å². The molecule has 0 saturated carbocycles. The number of carbonyl (C=O) groups excluding carboxylic acids is 2. The maximum atomic E-state index is 12.6. The zero-order valence-electron chi connectivity index (χ0n) is 16.9. The second-order valence-corrected chi connectivity index (χ2v) is 6.92. The third-order valence-corrected chi connectivity index (χ3v) is 4.59. The molecule has 0 aliphatic carbocycles. The summed E-state index contributed by atoms with van der Waals surface area (Å²) in [6, 6.07) is 17.1. The maximum absolute atomic E-state index is 12.6. The van der Waals surface area contributed by atoms with Crippen LogP contribution in [0, 0.1) is 0 Å². The fourth-order valence-corrected chi connectivity index (χ4v) is 3.08. The first-order chi connectivity index (χ1) is 13.4. The Labute approximate surface area is 166 Å². The number of benzene rings is 2. The molecule has 0 bridgehead atoms. The topological polar surface area (TPSA) is 70.7 Å². The number of rotatable bonds is 9. The average molecular weight is 383 g/mol. The number of amides is 2. The first-order valence-electron chi connectivity index (χ1n) is 9.29. The molecule has 2 aromatic rings. The smallest absolute Gasteiger partial charge is 0.222 e. The predicted octanol–water partition coefficient (Wildman–Crippen LogP) is 2.68. The molecule has 2 amide bonds. The number of methoxy groups -OCH3 is 1. The molecule has 6 heteroatoms. The molecule has 2 unspecified atom stereocenters. The highest BCUT2D eigenvalue weighted by atomic mass is 16.5. The largest absolute Gasteiger partial charge is 0.497 e. The van der Waals surface area contributed by atoms with E-state index in [4.69, 9.17) is 4.74 Å². The van der Waals surface area contributed by atoms with Gasteiger partial charge in [0.15, 0.2) is 0 Å². The molecule has 0 spiro atoms. The number of nitrogens with one attached hydrogen (secondary N) is 2. The Balaban J connectivity index is 2.02. The molecule has 0 saturated heterocycles. The van der Waals surface area contributed by atoms with Gasteiger partial charge in [-0.25, -0.2) is 0 Å². The van der Waals surface area contributed by atoms with Crippen molar-refractivity contribution in [3.8, 4) is 5.75 Å². The monoisotopic (exact) mass is 383 g/mol. The van der Waals surface area contributed by atoms with Gasteiger partial charge in [-0.3, -0.25) is 9.59 Å². The van der Waals surface area contributed by atoms with E-state index in [-0.39, 0.29) is 24.3 Å². The van der Waals surface area contributed by atoms with Crippen LogP contribution in [0.3, 0.4) is 0 Å². The average Bonchev–Trinajstić information content (AvgIpc) is 2.68. The number of hydrogen-bond acceptors (Lipinski definition) is 4. The molecule has 0 radical (unpaired) electrons. The van der Waals surface area contributed by atoms with E-state index in [1.54, 1.807) is 7.11 Å². The molecule has 0 heterocycles. The molecular formula is C22H29N3O3. The molecule has 6 nitrogen and oxygen atoms in total. The highest BCUT2D eigenvalue weighted by Crippen LogP contribution is 2.21. The van der Waals surface area contributed by atoms with Gasteiger partial charge in [0.25, 0.3) is 0 Å². The highest BCUT2D eigenvalue weighted by Gasteiger charge is 2.19. The van der Waals surface area contributed by atoms with Crippen LogP contribution in [0.2, 0.25) is 0 Å². The van der Waals surface area contributed by atoms with Crippen molar-refractivity contribution in [2.75, 3.05) is 27.7 Å². The number of likely N-dealkylation sites (N-methyl/N-ethyl adjacent to an activating group) is 1. The maximum Gasteiger partial charge on any atom is 0.222 e. The summed E-state index contributed by atoms with van der Waals surface area (Å²) in [6.07, 6.45) is 0.168. The number of ether oxygens (including phenoxy) is 1. The Morgan fingerprint density at radius 1 is 1.00 bits per heavy atom. The van der Waals surface area contributed by atoms with E-state index in [0.29, 0.717) is 6.54 Å². The van der Waals surface area contributed by atoms with Crippen molar-refractivity contribution in [2.45, 2.75) is 25.4 Å². The van der Waals surface area contributed by atoms with Gasteiger partial charge in [-0.15, -0.1) is 0 Å². The van der Waals surface area contributed by atoms with Crippen molar-refractivity contribution in [3.05, 3.63) is 65.7 Å². The third kappa shape index (κ3) is 6.39. The summed E-state index contributed by atoms with van der Waals surface area (Å²) in [4.78, 5) is 26.3. The van der Waals surface area contributed by atoms with Gasteiger partial charge in [0, 0.05) is 13.5 Å². The highest BCUT2D eigenvalue weighted by molar-refractivity contribution is 5.79. The Kier molecular flexibility index (Phi) is 8.02. The van der Waals surface area contributed by atoms with Crippen LogP contribution in [-0.2, 0) is 9.59 Å². The quantitative estimate of drug-likeness (QED) is 0.698. The van der Waals surface area contributed by atoms with Gasteiger partial charge in [-0.1, -0.05) is 42.5 Å². The Hall–Kier alpha value is -2.86. The lowest BCUT2D eigenvalue weighted by Crippen LogP contribution is -2.37. The molecule has 2 rings (SSSR count). The van der Waals surface area contributed by atoms with Crippen molar-refractivity contribution in [2.24, 2.45) is 0 Å². The van der Waals surface area contributed by atoms with E-state index in [1.807, 2.05) is 68.7 Å². The van der Waals surface area contributed by atoms with Crippen LogP contribution in [0.25, 0.3) is 0 Å². The van der Waals surface area contributed by atoms with Crippen LogP contribution < -0.4 is 15.4 Å². The summed E-state index contributed by atoms with van der Waals surface area (Å²) in [5.74, 6) is 0.438. The minimum Gasteiger partial charge on any atom is -0.497 e. The van der Waals surface area contributed by atoms with Gasteiger partial charge in [0.1, 0.15) is 5.75 Å². The number of nitrogens with zero attached hydrogens (tertiary/aromatic N) is 1. The fourth-order valence-electron chi connectivity index (χ4n) is 3.08. The Morgan fingerprint density at radius 3 is 2.18 bits per heavy atom. The Bertz CT molecular complexity index is 760. The molecule has 2 atom stereocenters. The van der Waals surface area contributed by atoms with E-state index in [1.165, 1.54) is 6.92 Å². The van der Waals surface area contributed by atoms with E-state index >= 15 is 0 Å². The summed E-state index contributed by atoms with van der Waals surface area (Å²) >= 11 is 0. The molecule has 0 aromatic heterocycles. The van der Waals surface area contributed by atoms with Crippen LogP contribution in [0.1, 0.15) is 36.6 Å². The first kappa shape index (κ1) is 21.4. The molecule has 28 heavy (non-hydrogen) atoms. The third-order valence-electron chi connectivity index (χ3n) is 4.59. The zero-order chi connectivity index (χ0) is 20.5. The van der Waals surface area contributed by atoms with Crippen molar-refractivity contribution >= 4 is 11.8 Å². The summed E-state index contributed by atoms with van der Waals surface area (Å²) in [7, 11) is 5.57. The number of hydrogen-bond donors (Lipinski definition) is 2.